The van der Waals surface area contributed by atoms with Crippen LogP contribution in [-0.2, 0) is 0 Å². The number of hydrogen-bond acceptors (Lipinski definition) is 6. The summed E-state index contributed by atoms with van der Waals surface area (Å²) in [4.78, 5) is 12.9. The van der Waals surface area contributed by atoms with Crippen molar-refractivity contribution in [1.29, 1.82) is 0 Å². The van der Waals surface area contributed by atoms with Gasteiger partial charge >= 0.3 is 0 Å². The molecule has 0 radical (unpaired) electrons. The van der Waals surface area contributed by atoms with Crippen molar-refractivity contribution >= 4 is 17.5 Å². The number of aromatic nitrogens is 5. The van der Waals surface area contributed by atoms with Gasteiger partial charge in [-0.15, -0.1) is 0 Å². The summed E-state index contributed by atoms with van der Waals surface area (Å²) < 4.78 is 15.3. The molecule has 0 aliphatic rings. The van der Waals surface area contributed by atoms with Crippen molar-refractivity contribution in [3.05, 3.63) is 78.3 Å². The first-order valence-electron chi connectivity index (χ1n) is 10.1. The number of halogens is 1. The fraction of sp³-hybridized carbons (Fsp3) is 0.217. The zero-order valence-corrected chi connectivity index (χ0v) is 17.6. The van der Waals surface area contributed by atoms with Gasteiger partial charge in [0.15, 0.2) is 0 Å². The summed E-state index contributed by atoms with van der Waals surface area (Å²) in [5.41, 5.74) is 10.1. The van der Waals surface area contributed by atoms with Crippen molar-refractivity contribution in [3.63, 3.8) is 0 Å². The molecular formula is C23H24FN7. The van der Waals surface area contributed by atoms with E-state index in [2.05, 4.69) is 39.2 Å². The molecule has 4 aromatic rings. The van der Waals surface area contributed by atoms with E-state index in [4.69, 9.17) is 5.73 Å². The maximum Gasteiger partial charge on any atom is 0.150 e. The molecule has 0 saturated carbocycles. The molecule has 7 nitrogen and oxygen atoms in total. The zero-order chi connectivity index (χ0) is 22.0. The number of nitrogens with one attached hydrogen (secondary N) is 1. The van der Waals surface area contributed by atoms with Crippen molar-refractivity contribution < 1.29 is 4.39 Å². The Morgan fingerprint density at radius 1 is 1.03 bits per heavy atom. The van der Waals surface area contributed by atoms with Crippen LogP contribution in [0, 0.1) is 5.82 Å². The number of rotatable bonds is 6. The second-order valence-corrected chi connectivity index (χ2v) is 7.65. The number of benzene rings is 1. The number of nitrogens with two attached hydrogens (primary N) is 1. The third-order valence-corrected chi connectivity index (χ3v) is 5.15. The molecule has 3 heterocycles. The highest BCUT2D eigenvalue weighted by atomic mass is 19.1. The van der Waals surface area contributed by atoms with Gasteiger partial charge < -0.3 is 11.1 Å². The van der Waals surface area contributed by atoms with Crippen molar-refractivity contribution in [2.75, 3.05) is 11.1 Å². The second-order valence-electron chi connectivity index (χ2n) is 7.65. The number of nitrogen functional groups attached to an aromatic ring is 1. The standard InChI is InChI=1S/C23H24FN7/c1-14(2)31-13-17(11-28-31)19-10-20(29-21-12-26-8-9-27-21)30-23(25)22(19)15(3)16-4-6-18(24)7-5-16/h4-15H,1-3H3,(H3,25,27,29,30). The molecule has 3 aromatic heterocycles. The van der Waals surface area contributed by atoms with Crippen LogP contribution in [0.3, 0.4) is 0 Å². The first-order chi connectivity index (χ1) is 14.9. The Labute approximate surface area is 180 Å². The summed E-state index contributed by atoms with van der Waals surface area (Å²) in [6.45, 7) is 6.17. The zero-order valence-electron chi connectivity index (χ0n) is 17.6. The lowest BCUT2D eigenvalue weighted by Crippen LogP contribution is -2.08. The maximum atomic E-state index is 13.4. The van der Waals surface area contributed by atoms with Crippen LogP contribution < -0.4 is 11.1 Å². The van der Waals surface area contributed by atoms with Gasteiger partial charge in [-0.05, 0) is 43.2 Å². The van der Waals surface area contributed by atoms with Gasteiger partial charge in [-0.25, -0.2) is 14.4 Å². The molecule has 0 aliphatic heterocycles. The van der Waals surface area contributed by atoms with Gasteiger partial charge in [-0.1, -0.05) is 19.1 Å². The number of nitrogens with zero attached hydrogens (tertiary/aromatic N) is 5. The van der Waals surface area contributed by atoms with E-state index in [1.165, 1.54) is 12.1 Å². The van der Waals surface area contributed by atoms with Crippen molar-refractivity contribution in [2.45, 2.75) is 32.7 Å². The molecule has 158 valence electrons. The molecule has 0 amide bonds. The van der Waals surface area contributed by atoms with E-state index in [0.717, 1.165) is 22.3 Å². The Morgan fingerprint density at radius 2 is 1.81 bits per heavy atom. The van der Waals surface area contributed by atoms with Crippen molar-refractivity contribution in [2.24, 2.45) is 0 Å². The third-order valence-electron chi connectivity index (χ3n) is 5.15. The molecule has 1 unspecified atom stereocenters. The molecular weight excluding hydrogens is 393 g/mol. The Balaban J connectivity index is 1.83. The van der Waals surface area contributed by atoms with Crippen LogP contribution in [0.4, 0.5) is 21.8 Å². The van der Waals surface area contributed by atoms with E-state index < -0.39 is 0 Å². The minimum Gasteiger partial charge on any atom is -0.383 e. The lowest BCUT2D eigenvalue weighted by molar-refractivity contribution is 0.532. The van der Waals surface area contributed by atoms with Gasteiger partial charge in [-0.3, -0.25) is 9.67 Å². The molecule has 1 atom stereocenters. The van der Waals surface area contributed by atoms with Crippen LogP contribution in [-0.4, -0.2) is 24.7 Å². The van der Waals surface area contributed by atoms with Crippen LogP contribution in [0.15, 0.2) is 61.3 Å². The first-order valence-corrected chi connectivity index (χ1v) is 10.1. The lowest BCUT2D eigenvalue weighted by atomic mass is 9.88. The van der Waals surface area contributed by atoms with E-state index in [9.17, 15) is 4.39 Å². The molecule has 0 fully saturated rings. The average Bonchev–Trinajstić information content (AvgIpc) is 3.25. The van der Waals surface area contributed by atoms with Gasteiger partial charge in [-0.2, -0.15) is 5.10 Å². The summed E-state index contributed by atoms with van der Waals surface area (Å²) in [6.07, 6.45) is 8.63. The SMILES string of the molecule is CC(c1ccc(F)cc1)c1c(-c2cnn(C(C)C)c2)cc(Nc2cnccn2)nc1N. The topological polar surface area (TPSA) is 94.5 Å². The van der Waals surface area contributed by atoms with Crippen molar-refractivity contribution in [1.82, 2.24) is 24.7 Å². The highest BCUT2D eigenvalue weighted by molar-refractivity contribution is 5.76. The fourth-order valence-electron chi connectivity index (χ4n) is 3.51. The molecule has 0 aliphatic carbocycles. The Bertz CT molecular complexity index is 1170. The highest BCUT2D eigenvalue weighted by Crippen LogP contribution is 2.38. The molecule has 0 saturated heterocycles. The molecule has 1 aromatic carbocycles. The molecule has 0 bridgehead atoms. The maximum absolute atomic E-state index is 13.4. The largest absolute Gasteiger partial charge is 0.383 e. The van der Waals surface area contributed by atoms with Crippen LogP contribution in [0.25, 0.3) is 11.1 Å². The molecule has 4 rings (SSSR count). The van der Waals surface area contributed by atoms with Crippen LogP contribution >= 0.6 is 0 Å². The number of hydrogen-bond donors (Lipinski definition) is 2. The van der Waals surface area contributed by atoms with E-state index in [-0.39, 0.29) is 17.8 Å². The summed E-state index contributed by atoms with van der Waals surface area (Å²) in [5, 5.41) is 7.64. The van der Waals surface area contributed by atoms with Crippen LogP contribution in [0.5, 0.6) is 0 Å². The monoisotopic (exact) mass is 417 g/mol. The lowest BCUT2D eigenvalue weighted by Gasteiger charge is -2.20. The minimum absolute atomic E-state index is 0.101. The van der Waals surface area contributed by atoms with Crippen LogP contribution in [0.2, 0.25) is 0 Å². The second kappa shape index (κ2) is 8.51. The average molecular weight is 417 g/mol. The molecule has 3 N–H and O–H groups in total. The van der Waals surface area contributed by atoms with E-state index in [0.29, 0.717) is 17.5 Å². The van der Waals surface area contributed by atoms with Crippen LogP contribution in [0.1, 0.15) is 43.9 Å². The van der Waals surface area contributed by atoms with E-state index >= 15 is 0 Å². The Kier molecular flexibility index (Phi) is 5.62. The fourth-order valence-corrected chi connectivity index (χ4v) is 3.51. The van der Waals surface area contributed by atoms with Crippen molar-refractivity contribution in [3.8, 4) is 11.1 Å². The Hall–Kier alpha value is -3.81. The number of anilines is 3. The minimum atomic E-state index is -0.274. The van der Waals surface area contributed by atoms with Gasteiger partial charge in [0.05, 0.1) is 12.4 Å². The van der Waals surface area contributed by atoms with Gasteiger partial charge in [0.25, 0.3) is 0 Å². The number of pyridine rings is 1. The van der Waals surface area contributed by atoms with E-state index in [1.807, 2.05) is 30.1 Å². The van der Waals surface area contributed by atoms with Gasteiger partial charge in [0.2, 0.25) is 0 Å². The molecule has 8 heteroatoms. The predicted molar refractivity (Wildman–Crippen MR) is 119 cm³/mol. The Morgan fingerprint density at radius 3 is 2.45 bits per heavy atom. The first kappa shape index (κ1) is 20.5. The summed E-state index contributed by atoms with van der Waals surface area (Å²) in [7, 11) is 0. The summed E-state index contributed by atoms with van der Waals surface area (Å²) in [6, 6.07) is 8.61. The highest BCUT2D eigenvalue weighted by Gasteiger charge is 2.21. The predicted octanol–water partition coefficient (Wildman–Crippen LogP) is 4.93. The molecule has 31 heavy (non-hydrogen) atoms. The quantitative estimate of drug-likeness (QED) is 0.462. The van der Waals surface area contributed by atoms with E-state index in [1.54, 1.807) is 30.7 Å². The third kappa shape index (κ3) is 4.37. The van der Waals surface area contributed by atoms with Gasteiger partial charge in [0.1, 0.15) is 23.3 Å². The summed E-state index contributed by atoms with van der Waals surface area (Å²) >= 11 is 0. The van der Waals surface area contributed by atoms with Gasteiger partial charge in [0, 0.05) is 41.7 Å². The smallest absolute Gasteiger partial charge is 0.150 e. The summed E-state index contributed by atoms with van der Waals surface area (Å²) in [5.74, 6) is 1.14. The normalized spacial score (nSPS) is 12.2. The molecule has 0 spiro atoms.